The molecule has 0 amide bonds. The molecule has 8 heteroatoms. The normalized spacial score (nSPS) is 10.9. The number of nitrogens with one attached hydrogen (secondary N) is 2. The predicted octanol–water partition coefficient (Wildman–Crippen LogP) is 4.08. The molecule has 2 N–H and O–H groups in total. The number of hydrogen-bond acceptors (Lipinski definition) is 5. The van der Waals surface area contributed by atoms with E-state index in [0.717, 1.165) is 35.8 Å². The Hall–Kier alpha value is -2.07. The number of ether oxygens (including phenoxy) is 3. The van der Waals surface area contributed by atoms with Crippen LogP contribution in [-0.4, -0.2) is 44.4 Å². The van der Waals surface area contributed by atoms with Gasteiger partial charge in [-0.25, -0.2) is 9.98 Å². The molecule has 1 heterocycles. The molecule has 1 aromatic carbocycles. The van der Waals surface area contributed by atoms with Gasteiger partial charge in [0.25, 0.3) is 0 Å². The first kappa shape index (κ1) is 27.0. The number of guanidine groups is 1. The molecule has 0 aliphatic rings. The number of aliphatic imine (C=N–C) groups is 1. The Labute approximate surface area is 203 Å². The highest BCUT2D eigenvalue weighted by molar-refractivity contribution is 14.0. The topological polar surface area (TPSA) is 77.0 Å². The third-order valence-corrected chi connectivity index (χ3v) is 4.27. The van der Waals surface area contributed by atoms with Crippen LogP contribution in [0.1, 0.15) is 37.0 Å². The minimum Gasteiger partial charge on any atom is -0.493 e. The Morgan fingerprint density at radius 3 is 2.65 bits per heavy atom. The molecule has 0 fully saturated rings. The van der Waals surface area contributed by atoms with Gasteiger partial charge in [0, 0.05) is 51.1 Å². The molecule has 31 heavy (non-hydrogen) atoms. The van der Waals surface area contributed by atoms with Crippen LogP contribution >= 0.6 is 24.0 Å². The number of pyridine rings is 1. The Bertz CT molecular complexity index is 802. The molecule has 0 saturated heterocycles. The highest BCUT2D eigenvalue weighted by atomic mass is 127. The SMILES string of the molecule is CCNC(=NCc1ccnc(OCC)c1)NCc1ccc(C)cc1OCCCOC.I. The van der Waals surface area contributed by atoms with Crippen molar-refractivity contribution in [1.82, 2.24) is 15.6 Å². The summed E-state index contributed by atoms with van der Waals surface area (Å²) in [6.45, 7) is 9.90. The lowest BCUT2D eigenvalue weighted by molar-refractivity contribution is 0.171. The van der Waals surface area contributed by atoms with E-state index in [0.29, 0.717) is 38.8 Å². The van der Waals surface area contributed by atoms with Crippen molar-refractivity contribution in [2.45, 2.75) is 40.3 Å². The van der Waals surface area contributed by atoms with Crippen LogP contribution in [0, 0.1) is 6.92 Å². The minimum atomic E-state index is 0. The van der Waals surface area contributed by atoms with Crippen LogP contribution in [0.25, 0.3) is 0 Å². The quantitative estimate of drug-likeness (QED) is 0.182. The number of methoxy groups -OCH3 is 1. The third kappa shape index (κ3) is 10.2. The van der Waals surface area contributed by atoms with Crippen molar-refractivity contribution < 1.29 is 14.2 Å². The Kier molecular flexibility index (Phi) is 13.6. The monoisotopic (exact) mass is 542 g/mol. The third-order valence-electron chi connectivity index (χ3n) is 4.27. The zero-order chi connectivity index (χ0) is 21.6. The number of benzene rings is 1. The van der Waals surface area contributed by atoms with Crippen LogP contribution < -0.4 is 20.1 Å². The van der Waals surface area contributed by atoms with Crippen molar-refractivity contribution in [3.8, 4) is 11.6 Å². The molecule has 0 saturated carbocycles. The zero-order valence-corrected chi connectivity index (χ0v) is 21.3. The Morgan fingerprint density at radius 1 is 1.06 bits per heavy atom. The summed E-state index contributed by atoms with van der Waals surface area (Å²) in [5, 5.41) is 6.68. The molecule has 0 atom stereocenters. The molecule has 2 aromatic rings. The summed E-state index contributed by atoms with van der Waals surface area (Å²) in [4.78, 5) is 8.89. The first-order valence-corrected chi connectivity index (χ1v) is 10.5. The van der Waals surface area contributed by atoms with Crippen LogP contribution in [0.15, 0.2) is 41.5 Å². The van der Waals surface area contributed by atoms with Gasteiger partial charge in [-0.15, -0.1) is 24.0 Å². The summed E-state index contributed by atoms with van der Waals surface area (Å²) in [6.07, 6.45) is 2.60. The van der Waals surface area contributed by atoms with Gasteiger partial charge in [-0.1, -0.05) is 12.1 Å². The molecule has 0 aliphatic carbocycles. The fourth-order valence-electron chi connectivity index (χ4n) is 2.79. The second-order valence-corrected chi connectivity index (χ2v) is 6.79. The van der Waals surface area contributed by atoms with E-state index in [1.54, 1.807) is 13.3 Å². The van der Waals surface area contributed by atoms with Crippen molar-refractivity contribution >= 4 is 29.9 Å². The molecular weight excluding hydrogens is 507 g/mol. The van der Waals surface area contributed by atoms with Gasteiger partial charge in [0.1, 0.15) is 5.75 Å². The summed E-state index contributed by atoms with van der Waals surface area (Å²) in [5.41, 5.74) is 3.30. The van der Waals surface area contributed by atoms with Crippen LogP contribution in [0.3, 0.4) is 0 Å². The summed E-state index contributed by atoms with van der Waals surface area (Å²) in [7, 11) is 1.70. The molecule has 0 bridgehead atoms. The molecule has 7 nitrogen and oxygen atoms in total. The van der Waals surface area contributed by atoms with Gasteiger partial charge in [-0.3, -0.25) is 0 Å². The maximum atomic E-state index is 5.98. The van der Waals surface area contributed by atoms with Gasteiger partial charge >= 0.3 is 0 Å². The Morgan fingerprint density at radius 2 is 1.90 bits per heavy atom. The van der Waals surface area contributed by atoms with E-state index in [1.165, 1.54) is 5.56 Å². The standard InChI is InChI=1S/C23H34N4O3.HI/c1-5-24-23(26-16-19-10-11-25-22(15-19)29-6-2)27-17-20-9-8-18(3)14-21(20)30-13-7-12-28-4;/h8-11,14-15H,5-7,12-13,16-17H2,1-4H3,(H2,24,26,27);1H. The number of halogens is 1. The summed E-state index contributed by atoms with van der Waals surface area (Å²) < 4.78 is 16.5. The van der Waals surface area contributed by atoms with Gasteiger partial charge in [-0.2, -0.15) is 0 Å². The van der Waals surface area contributed by atoms with Crippen LogP contribution in [0.5, 0.6) is 11.6 Å². The number of aromatic nitrogens is 1. The fraction of sp³-hybridized carbons (Fsp3) is 0.478. The highest BCUT2D eigenvalue weighted by Crippen LogP contribution is 2.20. The molecule has 0 unspecified atom stereocenters. The van der Waals surface area contributed by atoms with Crippen molar-refractivity contribution in [3.05, 3.63) is 53.2 Å². The maximum Gasteiger partial charge on any atom is 0.213 e. The average Bonchev–Trinajstić information content (AvgIpc) is 2.75. The second-order valence-electron chi connectivity index (χ2n) is 6.79. The number of rotatable bonds is 12. The van der Waals surface area contributed by atoms with Gasteiger partial charge in [0.15, 0.2) is 5.96 Å². The minimum absolute atomic E-state index is 0. The van der Waals surface area contributed by atoms with Gasteiger partial charge < -0.3 is 24.8 Å². The van der Waals surface area contributed by atoms with Crippen LogP contribution in [0.2, 0.25) is 0 Å². The molecular formula is C23H35IN4O3. The molecule has 1 aromatic heterocycles. The average molecular weight is 542 g/mol. The summed E-state index contributed by atoms with van der Waals surface area (Å²) in [6, 6.07) is 10.1. The lowest BCUT2D eigenvalue weighted by Crippen LogP contribution is -2.36. The number of nitrogens with zero attached hydrogens (tertiary/aromatic N) is 2. The lowest BCUT2D eigenvalue weighted by Gasteiger charge is -2.15. The van der Waals surface area contributed by atoms with Crippen LogP contribution in [0.4, 0.5) is 0 Å². The van der Waals surface area contributed by atoms with E-state index in [4.69, 9.17) is 14.2 Å². The van der Waals surface area contributed by atoms with Gasteiger partial charge in [-0.05, 0) is 44.0 Å². The van der Waals surface area contributed by atoms with Gasteiger partial charge in [0.2, 0.25) is 5.88 Å². The van der Waals surface area contributed by atoms with Crippen molar-refractivity contribution in [1.29, 1.82) is 0 Å². The van der Waals surface area contributed by atoms with Crippen molar-refractivity contribution in [2.24, 2.45) is 4.99 Å². The second kappa shape index (κ2) is 15.7. The maximum absolute atomic E-state index is 5.98. The van der Waals surface area contributed by atoms with Crippen molar-refractivity contribution in [2.75, 3.05) is 33.5 Å². The molecule has 0 aliphatic heterocycles. The predicted molar refractivity (Wildman–Crippen MR) is 136 cm³/mol. The van der Waals surface area contributed by atoms with Crippen molar-refractivity contribution in [3.63, 3.8) is 0 Å². The van der Waals surface area contributed by atoms with E-state index >= 15 is 0 Å². The van der Waals surface area contributed by atoms with E-state index < -0.39 is 0 Å². The summed E-state index contributed by atoms with van der Waals surface area (Å²) >= 11 is 0. The highest BCUT2D eigenvalue weighted by Gasteiger charge is 2.06. The smallest absolute Gasteiger partial charge is 0.213 e. The van der Waals surface area contributed by atoms with E-state index in [2.05, 4.69) is 45.7 Å². The molecule has 2 rings (SSSR count). The van der Waals surface area contributed by atoms with E-state index in [9.17, 15) is 0 Å². The number of aryl methyl sites for hydroxylation is 1. The molecule has 172 valence electrons. The largest absolute Gasteiger partial charge is 0.493 e. The molecule has 0 radical (unpaired) electrons. The van der Waals surface area contributed by atoms with E-state index in [1.807, 2.05) is 26.0 Å². The first-order valence-electron chi connectivity index (χ1n) is 10.5. The van der Waals surface area contributed by atoms with E-state index in [-0.39, 0.29) is 24.0 Å². The first-order chi connectivity index (χ1) is 14.7. The van der Waals surface area contributed by atoms with Crippen LogP contribution in [-0.2, 0) is 17.8 Å². The van der Waals surface area contributed by atoms with Gasteiger partial charge in [0.05, 0.1) is 19.8 Å². The Balaban J connectivity index is 0.00000480. The number of hydrogen-bond donors (Lipinski definition) is 2. The molecule has 0 spiro atoms. The fourth-order valence-corrected chi connectivity index (χ4v) is 2.79. The zero-order valence-electron chi connectivity index (χ0n) is 18.9. The lowest BCUT2D eigenvalue weighted by atomic mass is 10.1. The summed E-state index contributed by atoms with van der Waals surface area (Å²) in [5.74, 6) is 2.27.